The Morgan fingerprint density at radius 2 is 1.80 bits per heavy atom. The Balaban J connectivity index is 1.27. The summed E-state index contributed by atoms with van der Waals surface area (Å²) < 4.78 is 6.38. The molecule has 2 aromatic heterocycles. The average molecular weight is 483 g/mol. The van der Waals surface area contributed by atoms with Crippen LogP contribution in [0.4, 0.5) is 0 Å². The highest BCUT2D eigenvalue weighted by Gasteiger charge is 2.11. The number of aromatic nitrogens is 3. The number of carbonyl (C=O) groups excluding carboxylic acids is 1. The number of rotatable bonds is 7. The first-order valence-electron chi connectivity index (χ1n) is 11.0. The summed E-state index contributed by atoms with van der Waals surface area (Å²) >= 11 is 1.50. The summed E-state index contributed by atoms with van der Waals surface area (Å²) in [6.07, 6.45) is 0. The molecule has 0 atom stereocenters. The van der Waals surface area contributed by atoms with Gasteiger partial charge in [-0.05, 0) is 41.1 Å². The average Bonchev–Trinajstić information content (AvgIpc) is 3.38. The predicted octanol–water partition coefficient (Wildman–Crippen LogP) is 4.51. The number of hydrogen-bond acceptors (Lipinski definition) is 6. The van der Waals surface area contributed by atoms with Crippen LogP contribution in [-0.2, 0) is 17.9 Å². The SMILES string of the molecule is COc1ccc(-c2nc(CNC(=O)Cn3nc(-c4cccc5ccccc45)ccc3=O)cs2)cc1. The Labute approximate surface area is 205 Å². The first-order chi connectivity index (χ1) is 17.1. The van der Waals surface area contributed by atoms with Crippen molar-refractivity contribution in [2.75, 3.05) is 7.11 Å². The number of thiazole rings is 1. The number of nitrogens with one attached hydrogen (secondary N) is 1. The van der Waals surface area contributed by atoms with Gasteiger partial charge in [0.1, 0.15) is 17.3 Å². The van der Waals surface area contributed by atoms with Crippen LogP contribution in [0.3, 0.4) is 0 Å². The van der Waals surface area contributed by atoms with Crippen molar-refractivity contribution in [2.45, 2.75) is 13.1 Å². The van der Waals surface area contributed by atoms with Gasteiger partial charge in [0.05, 0.1) is 25.0 Å². The van der Waals surface area contributed by atoms with Crippen LogP contribution in [0.15, 0.2) is 89.0 Å². The molecular formula is C27H22N4O3S. The van der Waals surface area contributed by atoms with Crippen molar-refractivity contribution in [3.05, 3.63) is 100 Å². The zero-order valence-electron chi connectivity index (χ0n) is 19.0. The summed E-state index contributed by atoms with van der Waals surface area (Å²) in [6.45, 7) is 0.0934. The molecule has 5 rings (SSSR count). The molecule has 0 aliphatic carbocycles. The fraction of sp³-hybridized carbons (Fsp3) is 0.111. The molecular weight excluding hydrogens is 460 g/mol. The van der Waals surface area contributed by atoms with E-state index in [1.54, 1.807) is 13.2 Å². The van der Waals surface area contributed by atoms with Crippen LogP contribution in [0.25, 0.3) is 32.6 Å². The van der Waals surface area contributed by atoms with Gasteiger partial charge in [-0.1, -0.05) is 42.5 Å². The number of hydrogen-bond donors (Lipinski definition) is 1. The molecule has 7 nitrogen and oxygen atoms in total. The summed E-state index contributed by atoms with van der Waals surface area (Å²) in [4.78, 5) is 29.6. The molecule has 0 radical (unpaired) electrons. The zero-order valence-corrected chi connectivity index (χ0v) is 19.8. The third-order valence-electron chi connectivity index (χ3n) is 5.58. The predicted molar refractivity (Wildman–Crippen MR) is 137 cm³/mol. The van der Waals surface area contributed by atoms with Crippen LogP contribution in [-0.4, -0.2) is 27.8 Å². The van der Waals surface area contributed by atoms with Crippen molar-refractivity contribution in [2.24, 2.45) is 0 Å². The van der Waals surface area contributed by atoms with E-state index in [2.05, 4.69) is 15.4 Å². The van der Waals surface area contributed by atoms with E-state index in [1.165, 1.54) is 22.1 Å². The largest absolute Gasteiger partial charge is 0.497 e. The van der Waals surface area contributed by atoms with Crippen molar-refractivity contribution in [3.63, 3.8) is 0 Å². The van der Waals surface area contributed by atoms with Crippen LogP contribution in [0.1, 0.15) is 5.69 Å². The lowest BCUT2D eigenvalue weighted by molar-refractivity contribution is -0.122. The summed E-state index contributed by atoms with van der Waals surface area (Å²) in [6, 6.07) is 24.7. The Hall–Kier alpha value is -4.30. The van der Waals surface area contributed by atoms with Gasteiger partial charge in [-0.15, -0.1) is 11.3 Å². The summed E-state index contributed by atoms with van der Waals surface area (Å²) in [5, 5.41) is 12.2. The van der Waals surface area contributed by atoms with Crippen molar-refractivity contribution < 1.29 is 9.53 Å². The van der Waals surface area contributed by atoms with Crippen molar-refractivity contribution in [1.82, 2.24) is 20.1 Å². The summed E-state index contributed by atoms with van der Waals surface area (Å²) in [7, 11) is 1.63. The third-order valence-corrected chi connectivity index (χ3v) is 6.52. The van der Waals surface area contributed by atoms with E-state index in [9.17, 15) is 9.59 Å². The summed E-state index contributed by atoms with van der Waals surface area (Å²) in [5.41, 5.74) is 2.94. The quantitative estimate of drug-likeness (QED) is 0.369. The van der Waals surface area contributed by atoms with Gasteiger partial charge in [-0.2, -0.15) is 5.10 Å². The van der Waals surface area contributed by atoms with Gasteiger partial charge in [-0.3, -0.25) is 9.59 Å². The molecule has 0 aliphatic rings. The van der Waals surface area contributed by atoms with Gasteiger partial charge in [0, 0.05) is 22.6 Å². The fourth-order valence-corrected chi connectivity index (χ4v) is 4.62. The van der Waals surface area contributed by atoms with Crippen molar-refractivity contribution >= 4 is 28.0 Å². The molecule has 0 saturated carbocycles. The molecule has 1 amide bonds. The molecule has 0 unspecified atom stereocenters. The normalized spacial score (nSPS) is 10.9. The zero-order chi connectivity index (χ0) is 24.2. The monoisotopic (exact) mass is 482 g/mol. The Morgan fingerprint density at radius 3 is 2.63 bits per heavy atom. The first-order valence-corrected chi connectivity index (χ1v) is 11.9. The van der Waals surface area contributed by atoms with E-state index in [1.807, 2.05) is 72.1 Å². The second-order valence-corrected chi connectivity index (χ2v) is 8.75. The Morgan fingerprint density at radius 1 is 1.00 bits per heavy atom. The maximum Gasteiger partial charge on any atom is 0.267 e. The number of amides is 1. The van der Waals surface area contributed by atoms with E-state index in [-0.39, 0.29) is 24.6 Å². The number of benzene rings is 3. The highest BCUT2D eigenvalue weighted by atomic mass is 32.1. The minimum absolute atomic E-state index is 0.174. The number of ether oxygens (including phenoxy) is 1. The van der Waals surface area contributed by atoms with Gasteiger partial charge in [0.15, 0.2) is 0 Å². The third kappa shape index (κ3) is 4.97. The van der Waals surface area contributed by atoms with Crippen LogP contribution in [0.2, 0.25) is 0 Å². The number of carbonyl (C=O) groups is 1. The van der Waals surface area contributed by atoms with E-state index >= 15 is 0 Å². The Kier molecular flexibility index (Phi) is 6.36. The van der Waals surface area contributed by atoms with Crippen LogP contribution in [0, 0.1) is 0 Å². The number of methoxy groups -OCH3 is 1. The molecule has 0 spiro atoms. The van der Waals surface area contributed by atoms with E-state index in [0.717, 1.165) is 38.4 Å². The highest BCUT2D eigenvalue weighted by molar-refractivity contribution is 7.13. The Bertz CT molecular complexity index is 1550. The topological polar surface area (TPSA) is 86.1 Å². The van der Waals surface area contributed by atoms with E-state index in [0.29, 0.717) is 5.69 Å². The van der Waals surface area contributed by atoms with Gasteiger partial charge in [-0.25, -0.2) is 9.67 Å². The molecule has 8 heteroatoms. The smallest absolute Gasteiger partial charge is 0.267 e. The standard InChI is InChI=1S/C27H22N4O3S/c1-34-21-11-9-19(10-12-21)27-29-20(17-35-27)15-28-25(32)16-31-26(33)14-13-24(30-31)23-8-4-6-18-5-2-3-7-22(18)23/h2-14,17H,15-16H2,1H3,(H,28,32). The van der Waals surface area contributed by atoms with Crippen LogP contribution in [0.5, 0.6) is 5.75 Å². The van der Waals surface area contributed by atoms with Gasteiger partial charge in [0.2, 0.25) is 5.91 Å². The van der Waals surface area contributed by atoms with Crippen molar-refractivity contribution in [3.8, 4) is 27.6 Å². The lowest BCUT2D eigenvalue weighted by Crippen LogP contribution is -2.33. The van der Waals surface area contributed by atoms with Gasteiger partial charge < -0.3 is 10.1 Å². The minimum atomic E-state index is -0.334. The maximum atomic E-state index is 12.6. The lowest BCUT2D eigenvalue weighted by atomic mass is 10.0. The van der Waals surface area contributed by atoms with E-state index < -0.39 is 0 Å². The first kappa shape index (κ1) is 22.5. The van der Waals surface area contributed by atoms with Crippen molar-refractivity contribution in [1.29, 1.82) is 0 Å². The summed E-state index contributed by atoms with van der Waals surface area (Å²) in [5.74, 6) is 0.472. The molecule has 0 fully saturated rings. The number of nitrogens with zero attached hydrogens (tertiary/aromatic N) is 3. The molecule has 174 valence electrons. The second-order valence-electron chi connectivity index (χ2n) is 7.89. The molecule has 0 bridgehead atoms. The van der Waals surface area contributed by atoms with E-state index in [4.69, 9.17) is 4.74 Å². The second kappa shape index (κ2) is 9.90. The van der Waals surface area contributed by atoms with Crippen LogP contribution >= 0.6 is 11.3 Å². The minimum Gasteiger partial charge on any atom is -0.497 e. The molecule has 0 aliphatic heterocycles. The van der Waals surface area contributed by atoms with Crippen LogP contribution < -0.4 is 15.6 Å². The van der Waals surface area contributed by atoms with Gasteiger partial charge in [0.25, 0.3) is 5.56 Å². The fourth-order valence-electron chi connectivity index (χ4n) is 3.79. The molecule has 3 aromatic carbocycles. The molecule has 0 saturated heterocycles. The maximum absolute atomic E-state index is 12.6. The number of fused-ring (bicyclic) bond motifs is 1. The molecule has 2 heterocycles. The highest BCUT2D eigenvalue weighted by Crippen LogP contribution is 2.27. The lowest BCUT2D eigenvalue weighted by Gasteiger charge is -2.09. The molecule has 1 N–H and O–H groups in total. The molecule has 35 heavy (non-hydrogen) atoms. The van der Waals surface area contributed by atoms with Gasteiger partial charge >= 0.3 is 0 Å². The molecule has 5 aromatic rings.